The first-order valence-electron chi connectivity index (χ1n) is 20.4. The molecule has 4 nitrogen and oxygen atoms in total. The van der Waals surface area contributed by atoms with Gasteiger partial charge in [-0.1, -0.05) is 146 Å². The predicted octanol–water partition coefficient (Wildman–Crippen LogP) is 14.2. The number of pyridine rings is 2. The fourth-order valence-electron chi connectivity index (χ4n) is 10.3. The van der Waals surface area contributed by atoms with Gasteiger partial charge in [0.15, 0.2) is 5.69 Å². The third-order valence-electron chi connectivity index (χ3n) is 12.8. The lowest BCUT2D eigenvalue weighted by atomic mass is 9.69. The smallest absolute Gasteiger partial charge is 0.190 e. The van der Waals surface area contributed by atoms with Crippen LogP contribution in [0, 0.1) is 17.9 Å². The average Bonchev–Trinajstić information content (AvgIpc) is 3.81. The van der Waals surface area contributed by atoms with Crippen molar-refractivity contribution < 1.29 is 0 Å². The summed E-state index contributed by atoms with van der Waals surface area (Å²) in [6.07, 6.45) is 3.40. The Bertz CT molecular complexity index is 3310. The molecule has 2 aliphatic carbocycles. The van der Waals surface area contributed by atoms with Crippen LogP contribution in [0.3, 0.4) is 0 Å². The maximum atomic E-state index is 9.56. The van der Waals surface area contributed by atoms with Crippen LogP contribution in [0.4, 0.5) is 5.69 Å². The van der Waals surface area contributed by atoms with Crippen molar-refractivity contribution in [1.82, 2.24) is 9.97 Å². The number of nitriles is 1. The molecule has 2 aliphatic rings. The van der Waals surface area contributed by atoms with Crippen LogP contribution in [-0.4, -0.2) is 9.97 Å². The molecule has 4 heteroatoms. The highest BCUT2D eigenvalue weighted by Gasteiger charge is 2.53. The third-order valence-corrected chi connectivity index (χ3v) is 12.8. The van der Waals surface area contributed by atoms with E-state index in [1.54, 1.807) is 24.5 Å². The van der Waals surface area contributed by atoms with E-state index in [1.807, 2.05) is 12.1 Å². The summed E-state index contributed by atoms with van der Waals surface area (Å²) in [5.74, 6) is 0. The van der Waals surface area contributed by atoms with Crippen LogP contribution in [0.5, 0.6) is 0 Å². The Morgan fingerprint density at radius 2 is 0.869 bits per heavy atom. The molecule has 2 heterocycles. The van der Waals surface area contributed by atoms with Gasteiger partial charge < -0.3 is 0 Å². The Labute approximate surface area is 353 Å². The van der Waals surface area contributed by atoms with E-state index in [0.29, 0.717) is 11.3 Å². The minimum Gasteiger partial charge on any atom is -0.259 e. The molecule has 0 radical (unpaired) electrons. The molecule has 0 saturated carbocycles. The van der Waals surface area contributed by atoms with Crippen LogP contribution in [0.2, 0.25) is 0 Å². The summed E-state index contributed by atoms with van der Waals surface area (Å²) in [7, 11) is 0. The first-order chi connectivity index (χ1) is 30.1. The van der Waals surface area contributed by atoms with Gasteiger partial charge in [0.2, 0.25) is 0 Å². The molecule has 10 aromatic rings. The molecule has 0 atom stereocenters. The summed E-state index contributed by atoms with van der Waals surface area (Å²) in [5, 5.41) is 14.4. The molecule has 280 valence electrons. The van der Waals surface area contributed by atoms with E-state index >= 15 is 0 Å². The van der Waals surface area contributed by atoms with Crippen molar-refractivity contribution in [3.63, 3.8) is 0 Å². The lowest BCUT2D eigenvalue weighted by molar-refractivity contribution is 0.795. The maximum absolute atomic E-state index is 9.56. The molecule has 0 N–H and O–H groups in total. The van der Waals surface area contributed by atoms with Crippen LogP contribution in [0.15, 0.2) is 194 Å². The van der Waals surface area contributed by atoms with Crippen LogP contribution < -0.4 is 0 Å². The van der Waals surface area contributed by atoms with Crippen molar-refractivity contribution in [3.05, 3.63) is 234 Å². The van der Waals surface area contributed by atoms with Crippen LogP contribution in [0.1, 0.15) is 27.8 Å². The highest BCUT2D eigenvalue weighted by Crippen LogP contribution is 2.66. The molecule has 0 bridgehead atoms. The summed E-state index contributed by atoms with van der Waals surface area (Å²) >= 11 is 0. The van der Waals surface area contributed by atoms with E-state index in [2.05, 4.69) is 179 Å². The Morgan fingerprint density at radius 1 is 0.426 bits per heavy atom. The second-order valence-corrected chi connectivity index (χ2v) is 15.8. The van der Waals surface area contributed by atoms with Crippen molar-refractivity contribution in [2.24, 2.45) is 0 Å². The molecule has 12 rings (SSSR count). The Kier molecular flexibility index (Phi) is 7.54. The largest absolute Gasteiger partial charge is 0.259 e. The molecule has 0 unspecified atom stereocenters. The van der Waals surface area contributed by atoms with Crippen molar-refractivity contribution in [2.45, 2.75) is 5.41 Å². The van der Waals surface area contributed by atoms with Gasteiger partial charge in [-0.05, 0) is 130 Å². The van der Waals surface area contributed by atoms with Crippen molar-refractivity contribution >= 4 is 27.2 Å². The second-order valence-electron chi connectivity index (χ2n) is 15.8. The zero-order chi connectivity index (χ0) is 40.7. The molecule has 0 saturated heterocycles. The molecular formula is C57H32N4. The standard InChI is InChI=1S/C57H32N4/c1-59-40-27-29-61-54(31-40)39-24-20-37(21-25-39)48-33-52-56(46-15-5-3-11-42(46)48)55-45-14-4-2-10-41(45)47(36-18-22-38(23-19-36)53-30-35(34-58)26-28-60-53)32-51(55)57(52)49-16-8-6-12-43(49)44-13-7-9-17-50(44)57/h2-33H. The first-order valence-corrected chi connectivity index (χ1v) is 20.4. The SMILES string of the molecule is [C-]#[N+]c1ccnc(-c2ccc(-c3cc4c(c5ccccc35)-c3c(cc(-c5ccc(-c6cc(C#N)ccn6)cc5)c5ccccc35)C43c4ccccc4-c4ccccc43)cc2)c1. The molecule has 0 amide bonds. The quantitative estimate of drug-likeness (QED) is 0.167. The Hall–Kier alpha value is -8.44. The van der Waals surface area contributed by atoms with Crippen molar-refractivity contribution in [3.8, 4) is 73.1 Å². The highest BCUT2D eigenvalue weighted by molar-refractivity contribution is 6.18. The van der Waals surface area contributed by atoms with Gasteiger partial charge in [-0.25, -0.2) is 4.85 Å². The lowest BCUT2D eigenvalue weighted by Gasteiger charge is -2.31. The third kappa shape index (κ3) is 4.97. The van der Waals surface area contributed by atoms with Gasteiger partial charge in [0.25, 0.3) is 0 Å². The second kappa shape index (κ2) is 13.3. The summed E-state index contributed by atoms with van der Waals surface area (Å²) in [5.41, 5.74) is 18.9. The van der Waals surface area contributed by atoms with E-state index in [4.69, 9.17) is 6.57 Å². The molecule has 61 heavy (non-hydrogen) atoms. The average molecular weight is 773 g/mol. The van der Waals surface area contributed by atoms with Crippen LogP contribution >= 0.6 is 0 Å². The molecule has 0 fully saturated rings. The monoisotopic (exact) mass is 772 g/mol. The first kappa shape index (κ1) is 34.6. The summed E-state index contributed by atoms with van der Waals surface area (Å²) in [6, 6.07) is 67.4. The van der Waals surface area contributed by atoms with E-state index in [0.717, 1.165) is 33.6 Å². The van der Waals surface area contributed by atoms with Crippen LogP contribution in [0.25, 0.3) is 93.4 Å². The molecule has 2 aromatic heterocycles. The van der Waals surface area contributed by atoms with Crippen molar-refractivity contribution in [2.75, 3.05) is 0 Å². The minimum absolute atomic E-state index is 0.577. The van der Waals surface area contributed by atoms with Gasteiger partial charge >= 0.3 is 0 Å². The van der Waals surface area contributed by atoms with E-state index in [9.17, 15) is 5.26 Å². The minimum atomic E-state index is -0.596. The van der Waals surface area contributed by atoms with Crippen molar-refractivity contribution in [1.29, 1.82) is 5.26 Å². The Morgan fingerprint density at radius 3 is 1.38 bits per heavy atom. The molecule has 1 spiro atoms. The van der Waals surface area contributed by atoms with Gasteiger partial charge in [0.1, 0.15) is 0 Å². The molecular weight excluding hydrogens is 741 g/mol. The number of hydrogen-bond acceptors (Lipinski definition) is 3. The number of fused-ring (bicyclic) bond motifs is 14. The number of nitrogens with zero attached hydrogens (tertiary/aromatic N) is 4. The van der Waals surface area contributed by atoms with Gasteiger partial charge in [-0.2, -0.15) is 5.26 Å². The summed E-state index contributed by atoms with van der Waals surface area (Å²) in [4.78, 5) is 12.8. The zero-order valence-electron chi connectivity index (χ0n) is 32.8. The van der Waals surface area contributed by atoms with Gasteiger partial charge in [-0.15, -0.1) is 0 Å². The number of rotatable bonds is 4. The normalized spacial score (nSPS) is 12.7. The maximum Gasteiger partial charge on any atom is 0.190 e. The van der Waals surface area contributed by atoms with Gasteiger partial charge in [0.05, 0.1) is 35.0 Å². The predicted molar refractivity (Wildman–Crippen MR) is 246 cm³/mol. The van der Waals surface area contributed by atoms with Crippen LogP contribution in [-0.2, 0) is 5.41 Å². The summed E-state index contributed by atoms with van der Waals surface area (Å²) in [6.45, 7) is 7.53. The topological polar surface area (TPSA) is 53.9 Å². The lowest BCUT2D eigenvalue weighted by Crippen LogP contribution is -2.26. The fraction of sp³-hybridized carbons (Fsp3) is 0.0175. The van der Waals surface area contributed by atoms with E-state index in [-0.39, 0.29) is 0 Å². The fourth-order valence-corrected chi connectivity index (χ4v) is 10.3. The molecule has 8 aromatic carbocycles. The number of aromatic nitrogens is 2. The summed E-state index contributed by atoms with van der Waals surface area (Å²) < 4.78 is 0. The molecule has 0 aliphatic heterocycles. The van der Waals surface area contributed by atoms with Gasteiger partial charge in [-0.3, -0.25) is 9.97 Å². The van der Waals surface area contributed by atoms with E-state index in [1.165, 1.54) is 77.2 Å². The van der Waals surface area contributed by atoms with Gasteiger partial charge in [0, 0.05) is 18.0 Å². The highest BCUT2D eigenvalue weighted by atomic mass is 14.7. The number of benzene rings is 8. The zero-order valence-corrected chi connectivity index (χ0v) is 32.8. The Balaban J connectivity index is 1.15. The van der Waals surface area contributed by atoms with E-state index < -0.39 is 5.41 Å². The number of hydrogen-bond donors (Lipinski definition) is 0.